The SMILES string of the molecule is CC(C)(C)N(CCC(=O)O)C(=O)Cc1c(Cl)cccc1Cl. The predicted octanol–water partition coefficient (Wildman–Crippen LogP) is 3.64. The summed E-state index contributed by atoms with van der Waals surface area (Å²) in [6.45, 7) is 5.74. The molecule has 1 aromatic carbocycles. The van der Waals surface area contributed by atoms with Crippen molar-refractivity contribution in [1.82, 2.24) is 4.90 Å². The van der Waals surface area contributed by atoms with Crippen LogP contribution in [-0.2, 0) is 16.0 Å². The fourth-order valence-electron chi connectivity index (χ4n) is 1.99. The van der Waals surface area contributed by atoms with Gasteiger partial charge >= 0.3 is 5.97 Å². The summed E-state index contributed by atoms with van der Waals surface area (Å²) < 4.78 is 0. The van der Waals surface area contributed by atoms with E-state index in [0.29, 0.717) is 15.6 Å². The first kappa shape index (κ1) is 17.8. The van der Waals surface area contributed by atoms with Gasteiger partial charge in [-0.3, -0.25) is 9.59 Å². The van der Waals surface area contributed by atoms with Crippen LogP contribution in [-0.4, -0.2) is 34.0 Å². The summed E-state index contributed by atoms with van der Waals surface area (Å²) in [5.41, 5.74) is 0.0932. The number of hydrogen-bond donors (Lipinski definition) is 1. The molecule has 4 nitrogen and oxygen atoms in total. The van der Waals surface area contributed by atoms with Gasteiger partial charge in [-0.05, 0) is 38.5 Å². The normalized spacial score (nSPS) is 11.3. The van der Waals surface area contributed by atoms with Crippen LogP contribution < -0.4 is 0 Å². The van der Waals surface area contributed by atoms with E-state index in [0.717, 1.165) is 0 Å². The molecule has 6 heteroatoms. The molecule has 1 aromatic rings. The number of carboxylic acid groups (broad SMARTS) is 1. The predicted molar refractivity (Wildman–Crippen MR) is 83.9 cm³/mol. The van der Waals surface area contributed by atoms with Gasteiger partial charge in [-0.15, -0.1) is 0 Å². The van der Waals surface area contributed by atoms with E-state index in [4.69, 9.17) is 28.3 Å². The summed E-state index contributed by atoms with van der Waals surface area (Å²) in [4.78, 5) is 24.8. The summed E-state index contributed by atoms with van der Waals surface area (Å²) in [5, 5.41) is 9.67. The summed E-state index contributed by atoms with van der Waals surface area (Å²) >= 11 is 12.1. The van der Waals surface area contributed by atoms with Crippen LogP contribution in [0.4, 0.5) is 0 Å². The highest BCUT2D eigenvalue weighted by molar-refractivity contribution is 6.36. The van der Waals surface area contributed by atoms with Crippen molar-refractivity contribution < 1.29 is 14.7 Å². The van der Waals surface area contributed by atoms with E-state index < -0.39 is 11.5 Å². The first-order valence-corrected chi connectivity index (χ1v) is 7.33. The van der Waals surface area contributed by atoms with Gasteiger partial charge in [0.25, 0.3) is 0 Å². The van der Waals surface area contributed by atoms with E-state index in [2.05, 4.69) is 0 Å². The highest BCUT2D eigenvalue weighted by Gasteiger charge is 2.27. The summed E-state index contributed by atoms with van der Waals surface area (Å²) in [7, 11) is 0. The van der Waals surface area contributed by atoms with Crippen LogP contribution in [0, 0.1) is 0 Å². The number of hydrogen-bond acceptors (Lipinski definition) is 2. The molecule has 0 saturated carbocycles. The van der Waals surface area contributed by atoms with Crippen molar-refractivity contribution in [2.24, 2.45) is 0 Å². The Labute approximate surface area is 134 Å². The summed E-state index contributed by atoms with van der Waals surface area (Å²) in [6.07, 6.45) is -0.0470. The zero-order valence-electron chi connectivity index (χ0n) is 12.3. The zero-order valence-corrected chi connectivity index (χ0v) is 13.8. The van der Waals surface area contributed by atoms with Gasteiger partial charge in [0.2, 0.25) is 5.91 Å². The molecule has 116 valence electrons. The molecule has 1 amide bonds. The average Bonchev–Trinajstić information content (AvgIpc) is 2.32. The monoisotopic (exact) mass is 331 g/mol. The van der Waals surface area contributed by atoms with E-state index in [9.17, 15) is 9.59 Å². The molecular weight excluding hydrogens is 313 g/mol. The molecule has 0 unspecified atom stereocenters. The van der Waals surface area contributed by atoms with Crippen molar-refractivity contribution in [2.75, 3.05) is 6.54 Å². The number of carbonyl (C=O) groups excluding carboxylic acids is 1. The van der Waals surface area contributed by atoms with Gasteiger partial charge in [0.1, 0.15) is 0 Å². The first-order valence-electron chi connectivity index (χ1n) is 6.58. The molecule has 0 spiro atoms. The molecule has 0 aromatic heterocycles. The van der Waals surface area contributed by atoms with Gasteiger partial charge in [0.05, 0.1) is 12.8 Å². The second-order valence-corrected chi connectivity index (χ2v) is 6.55. The standard InChI is InChI=1S/C15H19Cl2NO3/c1-15(2,3)18(8-7-14(20)21)13(19)9-10-11(16)5-4-6-12(10)17/h4-6H,7-9H2,1-3H3,(H,20,21). The second-order valence-electron chi connectivity index (χ2n) is 5.74. The molecule has 0 saturated heterocycles. The third-order valence-electron chi connectivity index (χ3n) is 3.05. The van der Waals surface area contributed by atoms with Crippen LogP contribution in [0.2, 0.25) is 10.0 Å². The van der Waals surface area contributed by atoms with Gasteiger partial charge in [-0.25, -0.2) is 0 Å². The van der Waals surface area contributed by atoms with Crippen molar-refractivity contribution in [3.05, 3.63) is 33.8 Å². The first-order chi connectivity index (χ1) is 9.62. The number of halogens is 2. The maximum atomic E-state index is 12.5. The maximum Gasteiger partial charge on any atom is 0.305 e. The van der Waals surface area contributed by atoms with E-state index in [1.807, 2.05) is 20.8 Å². The average molecular weight is 332 g/mol. The molecule has 0 aliphatic carbocycles. The molecule has 1 rings (SSSR count). The quantitative estimate of drug-likeness (QED) is 0.896. The third-order valence-corrected chi connectivity index (χ3v) is 3.76. The fourth-order valence-corrected chi connectivity index (χ4v) is 2.52. The van der Waals surface area contributed by atoms with Crippen LogP contribution in [0.15, 0.2) is 18.2 Å². The minimum atomic E-state index is -0.937. The molecule has 0 fully saturated rings. The Kier molecular flexibility index (Phi) is 6.05. The van der Waals surface area contributed by atoms with Crippen LogP contribution in [0.1, 0.15) is 32.8 Å². The van der Waals surface area contributed by atoms with Crippen molar-refractivity contribution in [1.29, 1.82) is 0 Å². The largest absolute Gasteiger partial charge is 0.481 e. The van der Waals surface area contributed by atoms with Crippen LogP contribution in [0.25, 0.3) is 0 Å². The molecule has 1 N–H and O–H groups in total. The molecule has 0 radical (unpaired) electrons. The smallest absolute Gasteiger partial charge is 0.305 e. The second kappa shape index (κ2) is 7.14. The maximum absolute atomic E-state index is 12.5. The third kappa shape index (κ3) is 5.21. The highest BCUT2D eigenvalue weighted by Crippen LogP contribution is 2.26. The van der Waals surface area contributed by atoms with Crippen molar-refractivity contribution >= 4 is 35.1 Å². The Morgan fingerprint density at radius 3 is 2.14 bits per heavy atom. The van der Waals surface area contributed by atoms with Gasteiger partial charge in [0, 0.05) is 22.1 Å². The van der Waals surface area contributed by atoms with Crippen molar-refractivity contribution in [3.63, 3.8) is 0 Å². The van der Waals surface area contributed by atoms with E-state index >= 15 is 0 Å². The molecule has 21 heavy (non-hydrogen) atoms. The van der Waals surface area contributed by atoms with E-state index in [1.165, 1.54) is 0 Å². The molecule has 0 heterocycles. The van der Waals surface area contributed by atoms with E-state index in [1.54, 1.807) is 23.1 Å². The summed E-state index contributed by atoms with van der Waals surface area (Å²) in [5.74, 6) is -1.13. The Morgan fingerprint density at radius 1 is 1.19 bits per heavy atom. The van der Waals surface area contributed by atoms with E-state index in [-0.39, 0.29) is 25.3 Å². The minimum absolute atomic E-state index is 0.0510. The molecule has 0 aliphatic rings. The van der Waals surface area contributed by atoms with Gasteiger partial charge in [-0.1, -0.05) is 29.3 Å². The van der Waals surface area contributed by atoms with Gasteiger partial charge in [0.15, 0.2) is 0 Å². The number of nitrogens with zero attached hydrogens (tertiary/aromatic N) is 1. The molecule has 0 bridgehead atoms. The van der Waals surface area contributed by atoms with Crippen LogP contribution in [0.5, 0.6) is 0 Å². The lowest BCUT2D eigenvalue weighted by Gasteiger charge is -2.35. The lowest BCUT2D eigenvalue weighted by atomic mass is 10.0. The number of aliphatic carboxylic acids is 1. The minimum Gasteiger partial charge on any atom is -0.481 e. The Bertz CT molecular complexity index is 518. The van der Waals surface area contributed by atoms with Crippen molar-refractivity contribution in [2.45, 2.75) is 39.2 Å². The molecule has 0 aliphatic heterocycles. The van der Waals surface area contributed by atoms with Crippen molar-refractivity contribution in [3.8, 4) is 0 Å². The topological polar surface area (TPSA) is 57.6 Å². The number of carbonyl (C=O) groups is 2. The number of benzene rings is 1. The fraction of sp³-hybridized carbons (Fsp3) is 0.467. The number of rotatable bonds is 5. The van der Waals surface area contributed by atoms with Crippen LogP contribution in [0.3, 0.4) is 0 Å². The zero-order chi connectivity index (χ0) is 16.2. The van der Waals surface area contributed by atoms with Gasteiger partial charge in [-0.2, -0.15) is 0 Å². The highest BCUT2D eigenvalue weighted by atomic mass is 35.5. The van der Waals surface area contributed by atoms with Gasteiger partial charge < -0.3 is 10.0 Å². The number of carboxylic acids is 1. The Morgan fingerprint density at radius 2 is 1.71 bits per heavy atom. The Balaban J connectivity index is 2.93. The lowest BCUT2D eigenvalue weighted by Crippen LogP contribution is -2.47. The van der Waals surface area contributed by atoms with Crippen LogP contribution >= 0.6 is 23.2 Å². The number of amides is 1. The molecule has 0 atom stereocenters. The lowest BCUT2D eigenvalue weighted by molar-refractivity contribution is -0.140. The Hall–Kier alpha value is -1.26. The summed E-state index contributed by atoms with van der Waals surface area (Å²) in [6, 6.07) is 5.06. The molecular formula is C15H19Cl2NO3.